The van der Waals surface area contributed by atoms with Crippen LogP contribution >= 0.6 is 12.2 Å². The summed E-state index contributed by atoms with van der Waals surface area (Å²) < 4.78 is 4.65. The van der Waals surface area contributed by atoms with E-state index in [-0.39, 0.29) is 0 Å². The third-order valence-corrected chi connectivity index (χ3v) is 0.806. The standard InChI is InChI=1S/C5H9NOS/c1-5(6-2)3-7-4-8/h3-4,6H,1-2H3/b5-3-. The van der Waals surface area contributed by atoms with Crippen molar-refractivity contribution >= 4 is 17.8 Å². The van der Waals surface area contributed by atoms with Crippen LogP contribution in [0.2, 0.25) is 0 Å². The van der Waals surface area contributed by atoms with Crippen molar-refractivity contribution in [2.75, 3.05) is 7.05 Å². The lowest BCUT2D eigenvalue weighted by atomic mass is 10.6. The summed E-state index contributed by atoms with van der Waals surface area (Å²) in [7, 11) is 1.82. The zero-order valence-corrected chi connectivity index (χ0v) is 5.79. The average Bonchev–Trinajstić information content (AvgIpc) is 1.83. The zero-order chi connectivity index (χ0) is 6.41. The molecule has 1 N–H and O–H groups in total. The van der Waals surface area contributed by atoms with Crippen molar-refractivity contribution in [3.8, 4) is 0 Å². The molecule has 0 unspecified atom stereocenters. The average molecular weight is 131 g/mol. The lowest BCUT2D eigenvalue weighted by Crippen LogP contribution is -2.01. The van der Waals surface area contributed by atoms with E-state index in [0.29, 0.717) is 0 Å². The molecule has 0 aromatic carbocycles. The third kappa shape index (κ3) is 3.61. The molecule has 0 amide bonds. The van der Waals surface area contributed by atoms with Gasteiger partial charge in [0.1, 0.15) is 6.26 Å². The molecule has 0 atom stereocenters. The van der Waals surface area contributed by atoms with E-state index in [9.17, 15) is 0 Å². The molecule has 0 bridgehead atoms. The van der Waals surface area contributed by atoms with Crippen molar-refractivity contribution in [3.63, 3.8) is 0 Å². The van der Waals surface area contributed by atoms with Crippen molar-refractivity contribution in [2.45, 2.75) is 6.92 Å². The number of ether oxygens (including phenoxy) is 1. The van der Waals surface area contributed by atoms with Gasteiger partial charge in [-0.3, -0.25) is 0 Å². The van der Waals surface area contributed by atoms with Crippen molar-refractivity contribution in [2.24, 2.45) is 0 Å². The first-order valence-corrected chi connectivity index (χ1v) is 2.72. The molecular formula is C5H9NOS. The summed E-state index contributed by atoms with van der Waals surface area (Å²) in [5.74, 6) is 0. The molecule has 0 fully saturated rings. The van der Waals surface area contributed by atoms with Gasteiger partial charge in [0.05, 0.1) is 0 Å². The first-order chi connectivity index (χ1) is 3.81. The molecular weight excluding hydrogens is 122 g/mol. The highest BCUT2D eigenvalue weighted by molar-refractivity contribution is 7.78. The summed E-state index contributed by atoms with van der Waals surface area (Å²) >= 11 is 4.40. The number of hydrogen-bond donors (Lipinski definition) is 1. The molecule has 0 radical (unpaired) electrons. The van der Waals surface area contributed by atoms with Crippen LogP contribution in [0.1, 0.15) is 6.92 Å². The first kappa shape index (κ1) is 7.43. The van der Waals surface area contributed by atoms with Gasteiger partial charge >= 0.3 is 0 Å². The van der Waals surface area contributed by atoms with Gasteiger partial charge in [-0.15, -0.1) is 0 Å². The van der Waals surface area contributed by atoms with E-state index in [1.165, 1.54) is 5.55 Å². The number of nitrogens with one attached hydrogen (secondary N) is 1. The molecule has 0 aliphatic heterocycles. The molecule has 2 nitrogen and oxygen atoms in total. The van der Waals surface area contributed by atoms with Gasteiger partial charge < -0.3 is 10.1 Å². The Bertz CT molecular complexity index is 101. The maximum atomic E-state index is 4.65. The highest BCUT2D eigenvalue weighted by Crippen LogP contribution is 1.82. The van der Waals surface area contributed by atoms with Gasteiger partial charge in [0.15, 0.2) is 5.55 Å². The summed E-state index contributed by atoms with van der Waals surface area (Å²) in [6.45, 7) is 1.89. The Kier molecular flexibility index (Phi) is 4.26. The molecule has 0 heterocycles. The predicted molar refractivity (Wildman–Crippen MR) is 37.6 cm³/mol. The molecule has 0 aromatic heterocycles. The second-order valence-corrected chi connectivity index (χ2v) is 1.48. The molecule has 0 aliphatic carbocycles. The quantitative estimate of drug-likeness (QED) is 0.457. The van der Waals surface area contributed by atoms with Gasteiger partial charge in [0.2, 0.25) is 0 Å². The highest BCUT2D eigenvalue weighted by atomic mass is 32.1. The molecule has 0 saturated heterocycles. The SMILES string of the molecule is CN/C(C)=C\OC=S. The fourth-order valence-corrected chi connectivity index (χ4v) is 0.244. The van der Waals surface area contributed by atoms with Gasteiger partial charge in [0.25, 0.3) is 0 Å². The largest absolute Gasteiger partial charge is 0.459 e. The van der Waals surface area contributed by atoms with Gasteiger partial charge in [-0.2, -0.15) is 0 Å². The molecule has 8 heavy (non-hydrogen) atoms. The fraction of sp³-hybridized carbons (Fsp3) is 0.400. The maximum absolute atomic E-state index is 4.65. The molecule has 0 saturated carbocycles. The summed E-state index contributed by atoms with van der Waals surface area (Å²) in [6.07, 6.45) is 1.55. The minimum Gasteiger partial charge on any atom is -0.459 e. The normalized spacial score (nSPS) is 10.5. The highest BCUT2D eigenvalue weighted by Gasteiger charge is 1.76. The minimum absolute atomic E-state index is 0.950. The fourth-order valence-electron chi connectivity index (χ4n) is 0.189. The monoisotopic (exact) mass is 131 g/mol. The van der Waals surface area contributed by atoms with Crippen molar-refractivity contribution < 1.29 is 4.74 Å². The topological polar surface area (TPSA) is 21.3 Å². The van der Waals surface area contributed by atoms with E-state index in [1.54, 1.807) is 6.26 Å². The van der Waals surface area contributed by atoms with Crippen molar-refractivity contribution in [1.82, 2.24) is 5.32 Å². The Morgan fingerprint density at radius 1 is 1.75 bits per heavy atom. The smallest absolute Gasteiger partial charge is 0.153 e. The number of rotatable bonds is 3. The molecule has 3 heteroatoms. The summed E-state index contributed by atoms with van der Waals surface area (Å²) in [5.41, 5.74) is 2.16. The Labute approximate surface area is 54.5 Å². The molecule has 0 rings (SSSR count). The minimum atomic E-state index is 0.950. The van der Waals surface area contributed by atoms with Crippen LogP contribution in [0.15, 0.2) is 12.0 Å². The molecule has 46 valence electrons. The van der Waals surface area contributed by atoms with Crippen LogP contribution in [0, 0.1) is 0 Å². The second kappa shape index (κ2) is 4.59. The maximum Gasteiger partial charge on any atom is 0.153 e. The Morgan fingerprint density at radius 2 is 2.38 bits per heavy atom. The van der Waals surface area contributed by atoms with Gasteiger partial charge in [0, 0.05) is 12.7 Å². The van der Waals surface area contributed by atoms with Gasteiger partial charge in [-0.05, 0) is 19.1 Å². The Morgan fingerprint density at radius 3 is 2.75 bits per heavy atom. The lowest BCUT2D eigenvalue weighted by Gasteiger charge is -1.94. The van der Waals surface area contributed by atoms with E-state index in [1.807, 2.05) is 14.0 Å². The van der Waals surface area contributed by atoms with Crippen LogP contribution in [-0.2, 0) is 4.74 Å². The zero-order valence-electron chi connectivity index (χ0n) is 4.97. The van der Waals surface area contributed by atoms with E-state index >= 15 is 0 Å². The summed E-state index contributed by atoms with van der Waals surface area (Å²) in [6, 6.07) is 0. The first-order valence-electron chi connectivity index (χ1n) is 2.25. The number of hydrogen-bond acceptors (Lipinski definition) is 3. The van der Waals surface area contributed by atoms with Crippen LogP contribution < -0.4 is 5.32 Å². The van der Waals surface area contributed by atoms with Gasteiger partial charge in [-0.25, -0.2) is 0 Å². The van der Waals surface area contributed by atoms with Crippen LogP contribution in [-0.4, -0.2) is 12.6 Å². The van der Waals surface area contributed by atoms with E-state index in [2.05, 4.69) is 22.3 Å². The van der Waals surface area contributed by atoms with E-state index < -0.39 is 0 Å². The summed E-state index contributed by atoms with van der Waals surface area (Å²) in [4.78, 5) is 0. The van der Waals surface area contributed by atoms with Crippen molar-refractivity contribution in [1.29, 1.82) is 0 Å². The van der Waals surface area contributed by atoms with E-state index in [0.717, 1.165) is 5.70 Å². The predicted octanol–water partition coefficient (Wildman–Crippen LogP) is 1.04. The van der Waals surface area contributed by atoms with E-state index in [4.69, 9.17) is 0 Å². The summed E-state index contributed by atoms with van der Waals surface area (Å²) in [5, 5.41) is 2.87. The van der Waals surface area contributed by atoms with Crippen LogP contribution in [0.25, 0.3) is 0 Å². The molecule has 0 aromatic rings. The Balaban J connectivity index is 3.40. The third-order valence-electron chi connectivity index (χ3n) is 0.695. The lowest BCUT2D eigenvalue weighted by molar-refractivity contribution is 0.494. The molecule has 0 spiro atoms. The Hall–Kier alpha value is -0.570. The van der Waals surface area contributed by atoms with Crippen molar-refractivity contribution in [3.05, 3.63) is 12.0 Å². The number of allylic oxidation sites excluding steroid dienone is 1. The van der Waals surface area contributed by atoms with Crippen LogP contribution in [0.5, 0.6) is 0 Å². The van der Waals surface area contributed by atoms with Crippen LogP contribution in [0.4, 0.5) is 0 Å². The van der Waals surface area contributed by atoms with Crippen LogP contribution in [0.3, 0.4) is 0 Å². The molecule has 0 aliphatic rings. The number of thiocarbonyl (C=S) groups is 1. The van der Waals surface area contributed by atoms with Gasteiger partial charge in [-0.1, -0.05) is 0 Å². The second-order valence-electron chi connectivity index (χ2n) is 1.28.